The largest absolute Gasteiger partial charge is 0.466 e. The van der Waals surface area contributed by atoms with Gasteiger partial charge in [0, 0.05) is 30.3 Å². The number of hydrogen-bond acceptors (Lipinski definition) is 5. The SMILES string of the molecule is CNC(=O)/C=C/c1ccc(C(=O)C(=O)c2ccc(/C=C/C(=O)OC)cc2)cc1. The second kappa shape index (κ2) is 9.78. The summed E-state index contributed by atoms with van der Waals surface area (Å²) in [5.74, 6) is -1.97. The highest BCUT2D eigenvalue weighted by Crippen LogP contribution is 2.12. The summed E-state index contributed by atoms with van der Waals surface area (Å²) < 4.78 is 4.51. The van der Waals surface area contributed by atoms with Crippen molar-refractivity contribution >= 4 is 35.6 Å². The minimum Gasteiger partial charge on any atom is -0.466 e. The summed E-state index contributed by atoms with van der Waals surface area (Å²) in [5, 5.41) is 2.47. The van der Waals surface area contributed by atoms with Gasteiger partial charge in [-0.3, -0.25) is 14.4 Å². The third-order valence-corrected chi connectivity index (χ3v) is 3.84. The zero-order valence-electron chi connectivity index (χ0n) is 15.5. The first kappa shape index (κ1) is 20.5. The molecular weight excluding hydrogens is 358 g/mol. The molecule has 0 radical (unpaired) electrons. The van der Waals surface area contributed by atoms with E-state index in [1.807, 2.05) is 0 Å². The summed E-state index contributed by atoms with van der Waals surface area (Å²) in [4.78, 5) is 47.1. The van der Waals surface area contributed by atoms with Crippen LogP contribution in [0.1, 0.15) is 31.8 Å². The summed E-state index contributed by atoms with van der Waals surface area (Å²) in [6.07, 6.45) is 5.79. The Morgan fingerprint density at radius 3 is 1.57 bits per heavy atom. The number of nitrogens with one attached hydrogen (secondary N) is 1. The average Bonchev–Trinajstić information content (AvgIpc) is 2.75. The number of carbonyl (C=O) groups excluding carboxylic acids is 4. The first-order valence-electron chi connectivity index (χ1n) is 8.39. The van der Waals surface area contributed by atoms with Gasteiger partial charge in [0.25, 0.3) is 0 Å². The Bertz CT molecular complexity index is 858. The van der Waals surface area contributed by atoms with Gasteiger partial charge in [0.1, 0.15) is 0 Å². The third kappa shape index (κ3) is 5.60. The minimum absolute atomic E-state index is 0.236. The van der Waals surface area contributed by atoms with Crippen molar-refractivity contribution in [3.8, 4) is 0 Å². The fraction of sp³-hybridized carbons (Fsp3) is 0.0909. The molecule has 6 nitrogen and oxygen atoms in total. The van der Waals surface area contributed by atoms with Crippen LogP contribution in [0.15, 0.2) is 60.7 Å². The molecule has 0 atom stereocenters. The number of benzene rings is 2. The van der Waals surface area contributed by atoms with Gasteiger partial charge in [-0.25, -0.2) is 4.79 Å². The van der Waals surface area contributed by atoms with Gasteiger partial charge in [0.05, 0.1) is 7.11 Å². The van der Waals surface area contributed by atoms with Crippen molar-refractivity contribution in [2.75, 3.05) is 14.2 Å². The lowest BCUT2D eigenvalue weighted by molar-refractivity contribution is -0.134. The van der Waals surface area contributed by atoms with Gasteiger partial charge in [0.2, 0.25) is 17.5 Å². The highest BCUT2D eigenvalue weighted by Gasteiger charge is 2.18. The molecule has 0 heterocycles. The molecule has 6 heteroatoms. The van der Waals surface area contributed by atoms with E-state index in [-0.39, 0.29) is 17.0 Å². The predicted octanol–water partition coefficient (Wildman–Crippen LogP) is 2.70. The number of hydrogen-bond donors (Lipinski definition) is 1. The monoisotopic (exact) mass is 377 g/mol. The molecule has 0 aliphatic heterocycles. The number of rotatable bonds is 7. The molecule has 0 aliphatic carbocycles. The number of carbonyl (C=O) groups is 4. The lowest BCUT2D eigenvalue weighted by Gasteiger charge is -2.03. The summed E-state index contributed by atoms with van der Waals surface area (Å²) in [6.45, 7) is 0. The Morgan fingerprint density at radius 1 is 0.750 bits per heavy atom. The zero-order chi connectivity index (χ0) is 20.5. The van der Waals surface area contributed by atoms with E-state index < -0.39 is 17.5 Å². The van der Waals surface area contributed by atoms with Gasteiger partial charge < -0.3 is 10.1 Å². The molecule has 28 heavy (non-hydrogen) atoms. The van der Waals surface area contributed by atoms with E-state index in [1.165, 1.54) is 50.6 Å². The van der Waals surface area contributed by atoms with Crippen molar-refractivity contribution in [2.24, 2.45) is 0 Å². The number of amides is 1. The first-order valence-corrected chi connectivity index (χ1v) is 8.39. The fourth-order valence-corrected chi connectivity index (χ4v) is 2.24. The van der Waals surface area contributed by atoms with E-state index in [0.717, 1.165) is 5.56 Å². The van der Waals surface area contributed by atoms with Gasteiger partial charge >= 0.3 is 5.97 Å². The quantitative estimate of drug-likeness (QED) is 0.347. The Labute approximate surface area is 162 Å². The lowest BCUT2D eigenvalue weighted by atomic mass is 9.99. The van der Waals surface area contributed by atoms with Crippen LogP contribution in [-0.2, 0) is 14.3 Å². The van der Waals surface area contributed by atoms with Crippen molar-refractivity contribution in [1.29, 1.82) is 0 Å². The van der Waals surface area contributed by atoms with Crippen molar-refractivity contribution in [1.82, 2.24) is 5.32 Å². The molecule has 2 rings (SSSR count). The lowest BCUT2D eigenvalue weighted by Crippen LogP contribution is -2.14. The topological polar surface area (TPSA) is 89.5 Å². The second-order valence-electron chi connectivity index (χ2n) is 5.71. The average molecular weight is 377 g/mol. The van der Waals surface area contributed by atoms with Crippen LogP contribution in [0.3, 0.4) is 0 Å². The van der Waals surface area contributed by atoms with Crippen LogP contribution in [0.4, 0.5) is 0 Å². The van der Waals surface area contributed by atoms with Crippen LogP contribution in [0, 0.1) is 0 Å². The van der Waals surface area contributed by atoms with Gasteiger partial charge in [0.15, 0.2) is 0 Å². The molecule has 0 fully saturated rings. The molecule has 1 N–H and O–H groups in total. The molecular formula is C22H19NO5. The Balaban J connectivity index is 2.08. The van der Waals surface area contributed by atoms with Gasteiger partial charge in [-0.2, -0.15) is 0 Å². The summed E-state index contributed by atoms with van der Waals surface area (Å²) >= 11 is 0. The van der Waals surface area contributed by atoms with E-state index >= 15 is 0 Å². The molecule has 0 bridgehead atoms. The molecule has 2 aromatic rings. The van der Waals surface area contributed by atoms with Gasteiger partial charge in [-0.15, -0.1) is 0 Å². The van der Waals surface area contributed by atoms with Crippen LogP contribution in [0.5, 0.6) is 0 Å². The minimum atomic E-state index is -0.628. The van der Waals surface area contributed by atoms with Crippen LogP contribution < -0.4 is 5.32 Å². The number of methoxy groups -OCH3 is 1. The molecule has 0 spiro atoms. The fourth-order valence-electron chi connectivity index (χ4n) is 2.24. The van der Waals surface area contributed by atoms with E-state index in [2.05, 4.69) is 10.1 Å². The highest BCUT2D eigenvalue weighted by atomic mass is 16.5. The Morgan fingerprint density at radius 2 is 1.18 bits per heavy atom. The summed E-state index contributed by atoms with van der Waals surface area (Å²) in [5.41, 5.74) is 1.94. The molecule has 1 amide bonds. The molecule has 0 aliphatic rings. The molecule has 0 saturated carbocycles. The normalized spacial score (nSPS) is 10.8. The maximum absolute atomic E-state index is 12.4. The number of esters is 1. The van der Waals surface area contributed by atoms with Gasteiger partial charge in [-0.05, 0) is 23.3 Å². The number of Topliss-reactive ketones (excluding diaryl/α,β-unsaturated/α-hetero) is 2. The highest BCUT2D eigenvalue weighted by molar-refractivity contribution is 6.49. The van der Waals surface area contributed by atoms with E-state index in [4.69, 9.17) is 0 Å². The van der Waals surface area contributed by atoms with E-state index in [9.17, 15) is 19.2 Å². The Hall–Kier alpha value is -3.80. The second-order valence-corrected chi connectivity index (χ2v) is 5.71. The maximum Gasteiger partial charge on any atom is 0.330 e. The molecule has 0 unspecified atom stereocenters. The number of ether oxygens (including phenoxy) is 1. The third-order valence-electron chi connectivity index (χ3n) is 3.84. The van der Waals surface area contributed by atoms with E-state index in [1.54, 1.807) is 36.4 Å². The van der Waals surface area contributed by atoms with Crippen molar-refractivity contribution < 1.29 is 23.9 Å². The van der Waals surface area contributed by atoms with Crippen molar-refractivity contribution in [3.63, 3.8) is 0 Å². The van der Waals surface area contributed by atoms with Gasteiger partial charge in [-0.1, -0.05) is 48.5 Å². The predicted molar refractivity (Wildman–Crippen MR) is 106 cm³/mol. The van der Waals surface area contributed by atoms with Crippen LogP contribution >= 0.6 is 0 Å². The van der Waals surface area contributed by atoms with Crippen LogP contribution in [0.2, 0.25) is 0 Å². The van der Waals surface area contributed by atoms with Crippen molar-refractivity contribution in [2.45, 2.75) is 0 Å². The van der Waals surface area contributed by atoms with Crippen LogP contribution in [-0.4, -0.2) is 37.6 Å². The summed E-state index contributed by atoms with van der Waals surface area (Å²) in [6, 6.07) is 12.7. The van der Waals surface area contributed by atoms with E-state index in [0.29, 0.717) is 5.56 Å². The first-order chi connectivity index (χ1) is 13.4. The standard InChI is InChI=1S/C22H19NO5/c1-23-19(24)13-7-15-3-9-17(10-4-15)21(26)22(27)18-11-5-16(6-12-18)8-14-20(25)28-2/h3-14H,1-2H3,(H,23,24)/b13-7+,14-8+. The smallest absolute Gasteiger partial charge is 0.330 e. The maximum atomic E-state index is 12.4. The number of likely N-dealkylation sites (N-methyl/N-ethyl adjacent to an activating group) is 1. The molecule has 0 aromatic heterocycles. The summed E-state index contributed by atoms with van der Waals surface area (Å²) in [7, 11) is 2.81. The molecule has 0 saturated heterocycles. The molecule has 2 aromatic carbocycles. The zero-order valence-corrected chi connectivity index (χ0v) is 15.5. The van der Waals surface area contributed by atoms with Crippen LogP contribution in [0.25, 0.3) is 12.2 Å². The van der Waals surface area contributed by atoms with Crippen molar-refractivity contribution in [3.05, 3.63) is 82.9 Å². The Kier molecular flexibility index (Phi) is 7.16. The molecule has 142 valence electrons. The number of ketones is 2.